The van der Waals surface area contributed by atoms with Crippen molar-refractivity contribution in [3.05, 3.63) is 48.6 Å². The van der Waals surface area contributed by atoms with Gasteiger partial charge in [-0.25, -0.2) is 4.57 Å². The molecule has 3 atom stereocenters. The van der Waals surface area contributed by atoms with Crippen LogP contribution in [0.3, 0.4) is 0 Å². The minimum absolute atomic E-state index is 0.0627. The maximum Gasteiger partial charge on any atom is 0.472 e. The topological polar surface area (TPSA) is 105 Å². The number of aliphatic hydroxyl groups excluding tert-OH is 1. The number of amides is 1. The largest absolute Gasteiger partial charge is 0.472 e. The number of rotatable bonds is 57. The summed E-state index contributed by atoms with van der Waals surface area (Å²) in [6.45, 7) is 4.81. The Morgan fingerprint density at radius 1 is 0.472 bits per heavy atom. The first-order chi connectivity index (χ1) is 35.0. The molecule has 0 spiro atoms. The summed E-state index contributed by atoms with van der Waals surface area (Å²) in [5.74, 6) is -0.174. The molecule has 3 unspecified atom stereocenters. The van der Waals surface area contributed by atoms with Gasteiger partial charge in [-0.15, -0.1) is 0 Å². The number of quaternary nitrogens is 1. The lowest BCUT2D eigenvalue weighted by Crippen LogP contribution is -2.45. The van der Waals surface area contributed by atoms with E-state index in [0.29, 0.717) is 17.4 Å². The fourth-order valence-corrected chi connectivity index (χ4v) is 9.91. The molecule has 72 heavy (non-hydrogen) atoms. The number of nitrogens with zero attached hydrogens (tertiary/aromatic N) is 1. The Morgan fingerprint density at radius 3 is 1.15 bits per heavy atom. The van der Waals surface area contributed by atoms with Crippen LogP contribution >= 0.6 is 7.82 Å². The molecule has 0 bridgehead atoms. The molecule has 0 aliphatic heterocycles. The van der Waals surface area contributed by atoms with Gasteiger partial charge in [-0.1, -0.05) is 281 Å². The summed E-state index contributed by atoms with van der Waals surface area (Å²) in [6.07, 6.45) is 72.5. The normalized spacial score (nSPS) is 14.2. The van der Waals surface area contributed by atoms with Crippen molar-refractivity contribution in [3.8, 4) is 0 Å². The van der Waals surface area contributed by atoms with Crippen LogP contribution < -0.4 is 5.32 Å². The molecule has 3 N–H and O–H groups in total. The Kier molecular flexibility index (Phi) is 53.1. The van der Waals surface area contributed by atoms with Gasteiger partial charge in [0, 0.05) is 6.42 Å². The fourth-order valence-electron chi connectivity index (χ4n) is 9.17. The quantitative estimate of drug-likeness (QED) is 0.0243. The zero-order chi connectivity index (χ0) is 52.7. The van der Waals surface area contributed by atoms with E-state index in [1.54, 1.807) is 6.08 Å². The summed E-state index contributed by atoms with van der Waals surface area (Å²) in [6, 6.07) is -0.843. The molecule has 0 saturated carbocycles. The number of carbonyl (C=O) groups excluding carboxylic acids is 1. The molecule has 0 rings (SSSR count). The molecule has 9 heteroatoms. The van der Waals surface area contributed by atoms with Crippen LogP contribution in [-0.2, 0) is 18.4 Å². The summed E-state index contributed by atoms with van der Waals surface area (Å²) < 4.78 is 23.6. The first kappa shape index (κ1) is 70.5. The second-order valence-electron chi connectivity index (χ2n) is 22.4. The van der Waals surface area contributed by atoms with Gasteiger partial charge in [0.2, 0.25) is 5.91 Å². The number of carbonyl (C=O) groups is 1. The van der Waals surface area contributed by atoms with E-state index in [-0.39, 0.29) is 19.1 Å². The molecule has 0 heterocycles. The SMILES string of the molecule is CCCCCCC/C=C\C/C=C\C/C=C\CCCCCCCCCCCCCCCCCCCCCCCCCCC(=O)NC(COP(=O)(O)OCC[N+](C)(C)C)C(O)/C=C/CCCCCCCCCCC. The minimum atomic E-state index is -4.34. The van der Waals surface area contributed by atoms with Crippen molar-refractivity contribution in [2.45, 2.75) is 309 Å². The van der Waals surface area contributed by atoms with Gasteiger partial charge in [0.05, 0.1) is 39.9 Å². The number of allylic oxidation sites excluding steroid dienone is 7. The third-order valence-corrected chi connectivity index (χ3v) is 15.0. The van der Waals surface area contributed by atoms with Gasteiger partial charge in [0.25, 0.3) is 0 Å². The van der Waals surface area contributed by atoms with Crippen LogP contribution in [0.4, 0.5) is 0 Å². The monoisotopic (exact) mass is 1030 g/mol. The van der Waals surface area contributed by atoms with Gasteiger partial charge >= 0.3 is 7.82 Å². The fraction of sp³-hybridized carbons (Fsp3) is 0.857. The Hall–Kier alpha value is -1.54. The van der Waals surface area contributed by atoms with Gasteiger partial charge in [-0.05, 0) is 57.8 Å². The molecule has 0 radical (unpaired) electrons. The van der Waals surface area contributed by atoms with Crippen molar-refractivity contribution < 1.29 is 32.9 Å². The van der Waals surface area contributed by atoms with E-state index in [2.05, 4.69) is 55.6 Å². The minimum Gasteiger partial charge on any atom is -0.387 e. The van der Waals surface area contributed by atoms with E-state index in [9.17, 15) is 19.4 Å². The van der Waals surface area contributed by atoms with E-state index < -0.39 is 20.0 Å². The van der Waals surface area contributed by atoms with Crippen LogP contribution in [0.1, 0.15) is 296 Å². The molecule has 0 fully saturated rings. The number of likely N-dealkylation sites (N-methyl/N-ethyl adjacent to an activating group) is 1. The lowest BCUT2D eigenvalue weighted by atomic mass is 10.0. The van der Waals surface area contributed by atoms with Crippen molar-refractivity contribution in [2.24, 2.45) is 0 Å². The van der Waals surface area contributed by atoms with E-state index in [4.69, 9.17) is 9.05 Å². The van der Waals surface area contributed by atoms with Crippen LogP contribution in [0.5, 0.6) is 0 Å². The maximum atomic E-state index is 12.9. The van der Waals surface area contributed by atoms with Gasteiger partial charge < -0.3 is 19.8 Å². The number of hydrogen-bond acceptors (Lipinski definition) is 5. The molecular formula is C63H122N2O6P+. The predicted molar refractivity (Wildman–Crippen MR) is 314 cm³/mol. The molecule has 0 aromatic heterocycles. The Labute approximate surface area is 448 Å². The first-order valence-electron chi connectivity index (χ1n) is 31.0. The zero-order valence-electron chi connectivity index (χ0n) is 48.4. The Morgan fingerprint density at radius 2 is 0.792 bits per heavy atom. The average molecular weight is 1030 g/mol. The van der Waals surface area contributed by atoms with Gasteiger partial charge in [-0.2, -0.15) is 0 Å². The van der Waals surface area contributed by atoms with Crippen LogP contribution in [-0.4, -0.2) is 73.4 Å². The number of nitrogens with one attached hydrogen (secondary N) is 1. The van der Waals surface area contributed by atoms with Crippen LogP contribution in [0.25, 0.3) is 0 Å². The lowest BCUT2D eigenvalue weighted by Gasteiger charge is -2.25. The number of phosphoric acid groups is 1. The number of hydrogen-bond donors (Lipinski definition) is 3. The molecule has 424 valence electrons. The van der Waals surface area contributed by atoms with Crippen molar-refractivity contribution in [3.63, 3.8) is 0 Å². The standard InChI is InChI=1S/C63H121N2O6P/c1-6-8-10-12-14-16-18-19-20-21-22-23-24-25-26-27-28-29-30-31-32-33-34-35-36-37-38-39-40-41-42-43-44-45-47-49-51-53-55-57-63(67)64-61(60-71-72(68,69)70-59-58-65(3,4)5)62(66)56-54-52-50-48-46-17-15-13-11-9-7-2/h18-19,21-22,24-25,54,56,61-62,66H,6-17,20,23,26-53,55,57-60H2,1-5H3,(H-,64,67,68,69)/p+1/b19-18-,22-21-,25-24-,56-54+. The Balaban J connectivity index is 3.85. The van der Waals surface area contributed by atoms with Gasteiger partial charge in [0.15, 0.2) is 0 Å². The van der Waals surface area contributed by atoms with E-state index in [0.717, 1.165) is 51.4 Å². The van der Waals surface area contributed by atoms with Crippen LogP contribution in [0.2, 0.25) is 0 Å². The molecular weight excluding hydrogens is 912 g/mol. The molecule has 0 aromatic rings. The summed E-state index contributed by atoms with van der Waals surface area (Å²) in [5, 5.41) is 13.9. The van der Waals surface area contributed by atoms with Crippen LogP contribution in [0, 0.1) is 0 Å². The summed E-state index contributed by atoms with van der Waals surface area (Å²) >= 11 is 0. The lowest BCUT2D eigenvalue weighted by molar-refractivity contribution is -0.870. The third-order valence-electron chi connectivity index (χ3n) is 14.0. The molecule has 1 amide bonds. The van der Waals surface area contributed by atoms with E-state index in [1.165, 1.54) is 225 Å². The van der Waals surface area contributed by atoms with Crippen molar-refractivity contribution in [2.75, 3.05) is 40.9 Å². The van der Waals surface area contributed by atoms with E-state index in [1.807, 2.05) is 27.2 Å². The number of phosphoric ester groups is 1. The molecule has 0 aromatic carbocycles. The average Bonchev–Trinajstić information content (AvgIpc) is 3.34. The van der Waals surface area contributed by atoms with Gasteiger partial charge in [-0.3, -0.25) is 13.8 Å². The molecule has 8 nitrogen and oxygen atoms in total. The number of unbranched alkanes of at least 4 members (excludes halogenated alkanes) is 38. The summed E-state index contributed by atoms with van der Waals surface area (Å²) in [7, 11) is 1.58. The highest BCUT2D eigenvalue weighted by Gasteiger charge is 2.27. The summed E-state index contributed by atoms with van der Waals surface area (Å²) in [4.78, 5) is 23.2. The maximum absolute atomic E-state index is 12.9. The zero-order valence-corrected chi connectivity index (χ0v) is 49.3. The van der Waals surface area contributed by atoms with Crippen molar-refractivity contribution in [1.29, 1.82) is 0 Å². The highest BCUT2D eigenvalue weighted by atomic mass is 31.2. The van der Waals surface area contributed by atoms with Crippen molar-refractivity contribution in [1.82, 2.24) is 5.32 Å². The second kappa shape index (κ2) is 54.3. The highest BCUT2D eigenvalue weighted by molar-refractivity contribution is 7.47. The van der Waals surface area contributed by atoms with Crippen LogP contribution in [0.15, 0.2) is 48.6 Å². The third kappa shape index (κ3) is 56.2. The predicted octanol–water partition coefficient (Wildman–Crippen LogP) is 19.1. The Bertz CT molecular complexity index is 1310. The smallest absolute Gasteiger partial charge is 0.387 e. The van der Waals surface area contributed by atoms with Crippen molar-refractivity contribution >= 4 is 13.7 Å². The molecule has 0 aliphatic carbocycles. The summed E-state index contributed by atoms with van der Waals surface area (Å²) in [5.41, 5.74) is 0. The highest BCUT2D eigenvalue weighted by Crippen LogP contribution is 2.43. The van der Waals surface area contributed by atoms with E-state index >= 15 is 0 Å². The first-order valence-corrected chi connectivity index (χ1v) is 32.5. The molecule has 0 aliphatic rings. The second-order valence-corrected chi connectivity index (χ2v) is 23.9. The molecule has 0 saturated heterocycles. The van der Waals surface area contributed by atoms with Gasteiger partial charge in [0.1, 0.15) is 13.2 Å². The number of aliphatic hydroxyl groups is 1.